The molecule has 8 heteroatoms. The summed E-state index contributed by atoms with van der Waals surface area (Å²) in [6.45, 7) is 3.16. The second-order valence-electron chi connectivity index (χ2n) is 4.21. The lowest BCUT2D eigenvalue weighted by atomic mass is 10.3. The summed E-state index contributed by atoms with van der Waals surface area (Å²) in [7, 11) is -2.50. The van der Waals surface area contributed by atoms with E-state index in [1.54, 1.807) is 13.8 Å². The van der Waals surface area contributed by atoms with Gasteiger partial charge in [0.05, 0.1) is 24.2 Å². The summed E-state index contributed by atoms with van der Waals surface area (Å²) in [4.78, 5) is 0.0452. The molecule has 0 saturated heterocycles. The van der Waals surface area contributed by atoms with E-state index in [1.165, 1.54) is 19.2 Å². The van der Waals surface area contributed by atoms with Crippen LogP contribution < -0.4 is 9.46 Å². The molecule has 0 amide bonds. The average molecular weight is 299 g/mol. The van der Waals surface area contributed by atoms with E-state index < -0.39 is 15.8 Å². The highest BCUT2D eigenvalue weighted by Crippen LogP contribution is 2.28. The number of anilines is 1. The SMILES string of the molecule is COc1ccc(F)cc1NS(=O)(=O)c1c(C)n[nH]c1C. The molecule has 1 aromatic carbocycles. The van der Waals surface area contributed by atoms with E-state index in [1.807, 2.05) is 0 Å². The van der Waals surface area contributed by atoms with E-state index in [4.69, 9.17) is 4.74 Å². The molecule has 0 atom stereocenters. The van der Waals surface area contributed by atoms with Gasteiger partial charge in [-0.05, 0) is 26.0 Å². The Morgan fingerprint density at radius 2 is 2.05 bits per heavy atom. The maximum Gasteiger partial charge on any atom is 0.265 e. The highest BCUT2D eigenvalue weighted by molar-refractivity contribution is 7.92. The van der Waals surface area contributed by atoms with Gasteiger partial charge in [-0.3, -0.25) is 9.82 Å². The fourth-order valence-electron chi connectivity index (χ4n) is 1.89. The summed E-state index contributed by atoms with van der Waals surface area (Å²) >= 11 is 0. The number of H-pyrrole nitrogens is 1. The molecule has 2 N–H and O–H groups in total. The maximum absolute atomic E-state index is 13.3. The zero-order valence-corrected chi connectivity index (χ0v) is 12.0. The minimum atomic E-state index is -3.87. The van der Waals surface area contributed by atoms with Crippen LogP contribution in [0.5, 0.6) is 5.75 Å². The second-order valence-corrected chi connectivity index (χ2v) is 5.83. The second kappa shape index (κ2) is 5.12. The van der Waals surface area contributed by atoms with Crippen molar-refractivity contribution >= 4 is 15.7 Å². The van der Waals surface area contributed by atoms with Gasteiger partial charge in [-0.25, -0.2) is 12.8 Å². The molecule has 0 aliphatic rings. The van der Waals surface area contributed by atoms with Crippen molar-refractivity contribution in [1.82, 2.24) is 10.2 Å². The molecule has 2 rings (SSSR count). The monoisotopic (exact) mass is 299 g/mol. The predicted octanol–water partition coefficient (Wildman–Crippen LogP) is 1.98. The van der Waals surface area contributed by atoms with E-state index in [0.29, 0.717) is 11.4 Å². The van der Waals surface area contributed by atoms with E-state index in [-0.39, 0.29) is 16.3 Å². The first-order valence-corrected chi connectivity index (χ1v) is 7.21. The van der Waals surface area contributed by atoms with Crippen molar-refractivity contribution in [1.29, 1.82) is 0 Å². The van der Waals surface area contributed by atoms with Crippen LogP contribution in [0.1, 0.15) is 11.4 Å². The summed E-state index contributed by atoms with van der Waals surface area (Å²) in [6, 6.07) is 3.59. The maximum atomic E-state index is 13.3. The Hall–Kier alpha value is -2.09. The lowest BCUT2D eigenvalue weighted by Crippen LogP contribution is -2.15. The fourth-order valence-corrected chi connectivity index (χ4v) is 3.33. The number of nitrogens with one attached hydrogen (secondary N) is 2. The lowest BCUT2D eigenvalue weighted by molar-refractivity contribution is 0.416. The number of aromatic amines is 1. The number of methoxy groups -OCH3 is 1. The summed E-state index contributed by atoms with van der Waals surface area (Å²) in [5.41, 5.74) is 0.781. The highest BCUT2D eigenvalue weighted by Gasteiger charge is 2.23. The number of aryl methyl sites for hydroxylation is 2. The van der Waals surface area contributed by atoms with Crippen molar-refractivity contribution in [2.24, 2.45) is 0 Å². The van der Waals surface area contributed by atoms with Crippen LogP contribution in [-0.2, 0) is 10.0 Å². The number of rotatable bonds is 4. The topological polar surface area (TPSA) is 84.1 Å². The Kier molecular flexibility index (Phi) is 3.67. The Bertz CT molecular complexity index is 721. The number of benzene rings is 1. The average Bonchev–Trinajstić information content (AvgIpc) is 2.69. The normalized spacial score (nSPS) is 11.4. The number of ether oxygens (including phenoxy) is 1. The van der Waals surface area contributed by atoms with Gasteiger partial charge in [0, 0.05) is 6.07 Å². The zero-order valence-electron chi connectivity index (χ0n) is 11.2. The zero-order chi connectivity index (χ0) is 14.9. The van der Waals surface area contributed by atoms with Crippen molar-refractivity contribution in [3.8, 4) is 5.75 Å². The largest absolute Gasteiger partial charge is 0.495 e. The number of sulfonamides is 1. The third-order valence-corrected chi connectivity index (χ3v) is 4.36. The minimum absolute atomic E-state index is 0.0347. The van der Waals surface area contributed by atoms with Crippen LogP contribution >= 0.6 is 0 Å². The van der Waals surface area contributed by atoms with E-state index >= 15 is 0 Å². The third-order valence-electron chi connectivity index (χ3n) is 2.74. The van der Waals surface area contributed by atoms with Crippen molar-refractivity contribution in [2.45, 2.75) is 18.7 Å². The standard InChI is InChI=1S/C12H14FN3O3S/c1-7-12(8(2)15-14-7)20(17,18)16-10-6-9(13)4-5-11(10)19-3/h4-6,16H,1-3H3,(H,14,15). The first-order valence-electron chi connectivity index (χ1n) is 5.73. The minimum Gasteiger partial charge on any atom is -0.495 e. The summed E-state index contributed by atoms with van der Waals surface area (Å²) in [6.07, 6.45) is 0. The molecule has 0 fully saturated rings. The molecule has 0 radical (unpaired) electrons. The van der Waals surface area contributed by atoms with Crippen LogP contribution in [0.2, 0.25) is 0 Å². The third kappa shape index (κ3) is 2.60. The van der Waals surface area contributed by atoms with Crippen LogP contribution in [0.25, 0.3) is 0 Å². The number of aromatic nitrogens is 2. The van der Waals surface area contributed by atoms with Gasteiger partial charge in [-0.15, -0.1) is 0 Å². The van der Waals surface area contributed by atoms with Gasteiger partial charge in [0.25, 0.3) is 10.0 Å². The van der Waals surface area contributed by atoms with Gasteiger partial charge in [-0.2, -0.15) is 5.10 Å². The summed E-state index contributed by atoms with van der Waals surface area (Å²) in [5, 5.41) is 6.43. The van der Waals surface area contributed by atoms with Crippen LogP contribution in [0.3, 0.4) is 0 Å². The van der Waals surface area contributed by atoms with E-state index in [2.05, 4.69) is 14.9 Å². The number of hydrogen-bond acceptors (Lipinski definition) is 4. The molecule has 6 nitrogen and oxygen atoms in total. The Balaban J connectivity index is 2.46. The molecule has 0 spiro atoms. The Morgan fingerprint density at radius 1 is 1.35 bits per heavy atom. The lowest BCUT2D eigenvalue weighted by Gasteiger charge is -2.12. The van der Waals surface area contributed by atoms with Gasteiger partial charge >= 0.3 is 0 Å². The van der Waals surface area contributed by atoms with Crippen LogP contribution in [0.4, 0.5) is 10.1 Å². The van der Waals surface area contributed by atoms with Crippen molar-refractivity contribution in [2.75, 3.05) is 11.8 Å². The molecule has 0 aliphatic carbocycles. The van der Waals surface area contributed by atoms with Gasteiger partial charge in [0.15, 0.2) is 0 Å². The first kappa shape index (κ1) is 14.3. The molecular weight excluding hydrogens is 285 g/mol. The van der Waals surface area contributed by atoms with Crippen molar-refractivity contribution in [3.05, 3.63) is 35.4 Å². The van der Waals surface area contributed by atoms with E-state index in [0.717, 1.165) is 6.07 Å². The molecule has 0 bridgehead atoms. The number of halogens is 1. The number of hydrogen-bond donors (Lipinski definition) is 2. The highest BCUT2D eigenvalue weighted by atomic mass is 32.2. The van der Waals surface area contributed by atoms with Crippen LogP contribution in [0.15, 0.2) is 23.1 Å². The quantitative estimate of drug-likeness (QED) is 0.904. The summed E-state index contributed by atoms with van der Waals surface area (Å²) < 4.78 is 45.2. The molecule has 0 unspecified atom stereocenters. The Morgan fingerprint density at radius 3 is 2.60 bits per heavy atom. The van der Waals surface area contributed by atoms with Crippen molar-refractivity contribution in [3.63, 3.8) is 0 Å². The van der Waals surface area contributed by atoms with Crippen LogP contribution in [0, 0.1) is 19.7 Å². The van der Waals surface area contributed by atoms with Crippen LogP contribution in [-0.4, -0.2) is 25.7 Å². The fraction of sp³-hybridized carbons (Fsp3) is 0.250. The molecule has 2 aromatic rings. The smallest absolute Gasteiger partial charge is 0.265 e. The number of nitrogens with zero attached hydrogens (tertiary/aromatic N) is 1. The first-order chi connectivity index (χ1) is 9.35. The van der Waals surface area contributed by atoms with E-state index in [9.17, 15) is 12.8 Å². The molecular formula is C12H14FN3O3S. The van der Waals surface area contributed by atoms with Gasteiger partial charge < -0.3 is 4.74 Å². The van der Waals surface area contributed by atoms with Gasteiger partial charge in [0.1, 0.15) is 16.5 Å². The molecule has 108 valence electrons. The molecule has 20 heavy (non-hydrogen) atoms. The van der Waals surface area contributed by atoms with Crippen molar-refractivity contribution < 1.29 is 17.5 Å². The van der Waals surface area contributed by atoms with Gasteiger partial charge in [0.2, 0.25) is 0 Å². The molecule has 0 aliphatic heterocycles. The predicted molar refractivity (Wildman–Crippen MR) is 71.8 cm³/mol. The molecule has 1 aromatic heterocycles. The van der Waals surface area contributed by atoms with Gasteiger partial charge in [-0.1, -0.05) is 0 Å². The summed E-state index contributed by atoms with van der Waals surface area (Å²) in [5.74, 6) is -0.335. The Labute approximate surface area is 116 Å². The molecule has 0 saturated carbocycles. The molecule has 1 heterocycles.